The molecule has 1 aliphatic carbocycles. The number of aliphatic hydroxyl groups is 1. The summed E-state index contributed by atoms with van der Waals surface area (Å²) in [6.45, 7) is 2.49. The van der Waals surface area contributed by atoms with E-state index in [2.05, 4.69) is 11.4 Å². The van der Waals surface area contributed by atoms with Gasteiger partial charge in [0.1, 0.15) is 0 Å². The summed E-state index contributed by atoms with van der Waals surface area (Å²) in [4.78, 5) is 14.0. The van der Waals surface area contributed by atoms with Crippen LogP contribution in [0, 0.1) is 0 Å². The maximum Gasteiger partial charge on any atom is 0.251 e. The number of hydrogen-bond acceptors (Lipinski definition) is 3. The minimum atomic E-state index is -0.921. The Hall–Kier alpha value is -1.39. The number of carbonyl (C=O) groups excluding carboxylic acids is 1. The Morgan fingerprint density at radius 2 is 2.05 bits per heavy atom. The molecule has 0 saturated carbocycles. The first-order valence-corrected chi connectivity index (χ1v) is 7.14. The van der Waals surface area contributed by atoms with E-state index in [4.69, 9.17) is 0 Å². The van der Waals surface area contributed by atoms with Crippen LogP contribution >= 0.6 is 0 Å². The Balaban J connectivity index is 1.95. The third-order valence-electron chi connectivity index (χ3n) is 3.65. The van der Waals surface area contributed by atoms with Gasteiger partial charge in [0, 0.05) is 18.7 Å². The van der Waals surface area contributed by atoms with Gasteiger partial charge >= 0.3 is 0 Å². The van der Waals surface area contributed by atoms with Gasteiger partial charge in [-0.1, -0.05) is 6.07 Å². The lowest BCUT2D eigenvalue weighted by Gasteiger charge is -2.27. The molecule has 1 aliphatic rings. The molecule has 0 aliphatic heterocycles. The second-order valence-corrected chi connectivity index (χ2v) is 6.25. The summed E-state index contributed by atoms with van der Waals surface area (Å²) in [5.74, 6) is -0.112. The molecule has 1 unspecified atom stereocenters. The van der Waals surface area contributed by atoms with Crippen LogP contribution in [0.5, 0.6) is 0 Å². The molecule has 1 aromatic carbocycles. The zero-order valence-electron chi connectivity index (χ0n) is 12.6. The van der Waals surface area contributed by atoms with Gasteiger partial charge in [0.05, 0.1) is 5.60 Å². The number of fused-ring (bicyclic) bond motifs is 1. The molecule has 0 saturated heterocycles. The van der Waals surface area contributed by atoms with Gasteiger partial charge in [0.2, 0.25) is 0 Å². The normalized spacial score (nSPS) is 16.9. The van der Waals surface area contributed by atoms with Gasteiger partial charge < -0.3 is 15.3 Å². The summed E-state index contributed by atoms with van der Waals surface area (Å²) in [6.07, 6.45) is 3.36. The van der Waals surface area contributed by atoms with Crippen molar-refractivity contribution in [2.45, 2.75) is 31.8 Å². The molecule has 110 valence electrons. The van der Waals surface area contributed by atoms with Crippen molar-refractivity contribution in [3.8, 4) is 0 Å². The monoisotopic (exact) mass is 276 g/mol. The first-order chi connectivity index (χ1) is 9.37. The van der Waals surface area contributed by atoms with Crippen LogP contribution < -0.4 is 5.32 Å². The predicted molar refractivity (Wildman–Crippen MR) is 80.0 cm³/mol. The summed E-state index contributed by atoms with van der Waals surface area (Å²) in [7, 11) is 3.80. The Morgan fingerprint density at radius 3 is 2.75 bits per heavy atom. The fraction of sp³-hybridized carbons (Fsp3) is 0.562. The van der Waals surface area contributed by atoms with Crippen LogP contribution in [-0.4, -0.2) is 48.7 Å². The lowest BCUT2D eigenvalue weighted by Crippen LogP contribution is -2.47. The molecule has 2 rings (SSSR count). The van der Waals surface area contributed by atoms with Crippen molar-refractivity contribution in [2.75, 3.05) is 27.2 Å². The Kier molecular flexibility index (Phi) is 4.45. The average molecular weight is 276 g/mol. The van der Waals surface area contributed by atoms with Crippen LogP contribution in [0.1, 0.15) is 34.8 Å². The highest BCUT2D eigenvalue weighted by atomic mass is 16.3. The van der Waals surface area contributed by atoms with Gasteiger partial charge in [-0.15, -0.1) is 0 Å². The largest absolute Gasteiger partial charge is 0.387 e. The van der Waals surface area contributed by atoms with Crippen LogP contribution in [0.15, 0.2) is 18.2 Å². The first-order valence-electron chi connectivity index (χ1n) is 7.14. The molecule has 0 fully saturated rings. The number of nitrogens with one attached hydrogen (secondary N) is 1. The molecule has 0 radical (unpaired) electrons. The molecule has 20 heavy (non-hydrogen) atoms. The topological polar surface area (TPSA) is 52.6 Å². The molecule has 1 aromatic rings. The van der Waals surface area contributed by atoms with Gasteiger partial charge in [0.25, 0.3) is 5.91 Å². The zero-order valence-corrected chi connectivity index (χ0v) is 12.6. The summed E-state index contributed by atoms with van der Waals surface area (Å²) in [6, 6.07) is 5.91. The van der Waals surface area contributed by atoms with Crippen LogP contribution in [0.3, 0.4) is 0 Å². The van der Waals surface area contributed by atoms with Crippen molar-refractivity contribution < 1.29 is 9.90 Å². The van der Waals surface area contributed by atoms with E-state index in [1.54, 1.807) is 6.92 Å². The number of rotatable bonds is 5. The van der Waals surface area contributed by atoms with Crippen LogP contribution in [0.2, 0.25) is 0 Å². The molecule has 0 heterocycles. The zero-order chi connectivity index (χ0) is 14.8. The number of likely N-dealkylation sites (N-methyl/N-ethyl adjacent to an activating group) is 1. The maximum atomic E-state index is 12.1. The van der Waals surface area contributed by atoms with E-state index >= 15 is 0 Å². The second-order valence-electron chi connectivity index (χ2n) is 6.25. The molecular weight excluding hydrogens is 252 g/mol. The van der Waals surface area contributed by atoms with Gasteiger partial charge in [-0.25, -0.2) is 0 Å². The minimum Gasteiger partial charge on any atom is -0.387 e. The standard InChI is InChI=1S/C16H24N2O2/c1-16(20,11-18(2)3)10-17-15(19)14-8-7-12-5-4-6-13(12)9-14/h7-9,20H,4-6,10-11H2,1-3H3,(H,17,19). The van der Waals surface area contributed by atoms with Crippen molar-refractivity contribution in [1.82, 2.24) is 10.2 Å². The third-order valence-corrected chi connectivity index (χ3v) is 3.65. The van der Waals surface area contributed by atoms with E-state index in [1.165, 1.54) is 17.5 Å². The summed E-state index contributed by atoms with van der Waals surface area (Å²) >= 11 is 0. The highest BCUT2D eigenvalue weighted by molar-refractivity contribution is 5.94. The number of benzene rings is 1. The third kappa shape index (κ3) is 3.81. The molecule has 4 nitrogen and oxygen atoms in total. The fourth-order valence-electron chi connectivity index (χ4n) is 2.82. The highest BCUT2D eigenvalue weighted by Crippen LogP contribution is 2.22. The van der Waals surface area contributed by atoms with E-state index in [0.717, 1.165) is 12.8 Å². The van der Waals surface area contributed by atoms with Crippen LogP contribution in [0.25, 0.3) is 0 Å². The molecule has 0 spiro atoms. The van der Waals surface area contributed by atoms with Gasteiger partial charge in [0.15, 0.2) is 0 Å². The second kappa shape index (κ2) is 5.94. The molecular formula is C16H24N2O2. The lowest BCUT2D eigenvalue weighted by molar-refractivity contribution is 0.0326. The van der Waals surface area contributed by atoms with Crippen molar-refractivity contribution in [2.24, 2.45) is 0 Å². The van der Waals surface area contributed by atoms with Crippen molar-refractivity contribution in [1.29, 1.82) is 0 Å². The van der Waals surface area contributed by atoms with Gasteiger partial charge in [-0.05, 0) is 63.5 Å². The summed E-state index contributed by atoms with van der Waals surface area (Å²) in [5.41, 5.74) is 2.42. The summed E-state index contributed by atoms with van der Waals surface area (Å²) in [5, 5.41) is 13.0. The first kappa shape index (κ1) is 15.0. The van der Waals surface area contributed by atoms with E-state index in [1.807, 2.05) is 31.1 Å². The number of nitrogens with zero attached hydrogens (tertiary/aromatic N) is 1. The molecule has 4 heteroatoms. The molecule has 0 bridgehead atoms. The maximum absolute atomic E-state index is 12.1. The minimum absolute atomic E-state index is 0.112. The number of carbonyl (C=O) groups is 1. The van der Waals surface area contributed by atoms with Crippen molar-refractivity contribution >= 4 is 5.91 Å². The van der Waals surface area contributed by atoms with Crippen molar-refractivity contribution in [3.05, 3.63) is 34.9 Å². The average Bonchev–Trinajstić information content (AvgIpc) is 2.81. The van der Waals surface area contributed by atoms with Crippen LogP contribution in [0.4, 0.5) is 0 Å². The van der Waals surface area contributed by atoms with E-state index in [-0.39, 0.29) is 12.5 Å². The fourth-order valence-corrected chi connectivity index (χ4v) is 2.82. The number of aryl methyl sites for hydroxylation is 2. The molecule has 1 atom stereocenters. The van der Waals surface area contributed by atoms with Gasteiger partial charge in [-0.2, -0.15) is 0 Å². The summed E-state index contributed by atoms with van der Waals surface area (Å²) < 4.78 is 0. The molecule has 2 N–H and O–H groups in total. The van der Waals surface area contributed by atoms with Gasteiger partial charge in [-0.3, -0.25) is 4.79 Å². The van der Waals surface area contributed by atoms with E-state index < -0.39 is 5.60 Å². The van der Waals surface area contributed by atoms with E-state index in [0.29, 0.717) is 12.1 Å². The molecule has 0 aromatic heterocycles. The Bertz CT molecular complexity index is 495. The van der Waals surface area contributed by atoms with Crippen molar-refractivity contribution in [3.63, 3.8) is 0 Å². The van der Waals surface area contributed by atoms with Crippen LogP contribution in [-0.2, 0) is 12.8 Å². The van der Waals surface area contributed by atoms with E-state index in [9.17, 15) is 9.90 Å². The SMILES string of the molecule is CN(C)CC(C)(O)CNC(=O)c1ccc2c(c1)CCC2. The number of hydrogen-bond donors (Lipinski definition) is 2. The predicted octanol–water partition coefficient (Wildman–Crippen LogP) is 1.22. The smallest absolute Gasteiger partial charge is 0.251 e. The Labute approximate surface area is 120 Å². The Morgan fingerprint density at radius 1 is 1.35 bits per heavy atom. The quantitative estimate of drug-likeness (QED) is 0.850. The lowest BCUT2D eigenvalue weighted by atomic mass is 10.0. The molecule has 1 amide bonds. The number of amides is 1. The highest BCUT2D eigenvalue weighted by Gasteiger charge is 2.22.